The lowest BCUT2D eigenvalue weighted by molar-refractivity contribution is 0.118. The molecule has 0 fully saturated rings. The van der Waals surface area contributed by atoms with E-state index in [1.54, 1.807) is 5.19 Å². The summed E-state index contributed by atoms with van der Waals surface area (Å²) in [5.41, 5.74) is 3.16. The molecule has 0 aliphatic heterocycles. The molecule has 0 heterocycles. The van der Waals surface area contributed by atoms with Crippen LogP contribution in [0.4, 0.5) is 0 Å². The summed E-state index contributed by atoms with van der Waals surface area (Å²) in [6.45, 7) is 52.0. The van der Waals surface area contributed by atoms with Crippen molar-refractivity contribution in [3.63, 3.8) is 0 Å². The largest absolute Gasteiger partial charge is 0.125 e. The van der Waals surface area contributed by atoms with E-state index in [0.717, 1.165) is 0 Å². The highest BCUT2D eigenvalue weighted by Gasteiger charge is 2.62. The first-order valence-electron chi connectivity index (χ1n) is 15.3. The van der Waals surface area contributed by atoms with Crippen molar-refractivity contribution < 1.29 is 0 Å². The Labute approximate surface area is 252 Å². The Hall–Kier alpha value is 0.297. The van der Waals surface area contributed by atoms with E-state index in [0.29, 0.717) is 0 Å². The van der Waals surface area contributed by atoms with Gasteiger partial charge < -0.3 is 0 Å². The Balaban J connectivity index is 4.77. The fraction of sp³-hybridized carbons (Fsp3) is 0.833. The molecule has 0 saturated carbocycles. The van der Waals surface area contributed by atoms with E-state index in [2.05, 4.69) is 182 Å². The van der Waals surface area contributed by atoms with E-state index in [1.807, 2.05) is 0 Å². The fourth-order valence-corrected chi connectivity index (χ4v) is 20.5. The summed E-state index contributed by atoms with van der Waals surface area (Å²) in [4.78, 5) is 0. The quantitative estimate of drug-likeness (QED) is 0.242. The van der Waals surface area contributed by atoms with Crippen molar-refractivity contribution in [3.05, 3.63) is 29.3 Å². The maximum atomic E-state index is 3.46. The number of rotatable bonds is 3. The predicted molar refractivity (Wildman–Crippen MR) is 192 cm³/mol. The number of benzene rings is 1. The summed E-state index contributed by atoms with van der Waals surface area (Å²) in [5, 5.41) is 1.90. The zero-order chi connectivity index (χ0) is 31.9. The first-order valence-corrected chi connectivity index (χ1v) is 18.5. The molecule has 2 unspecified atom stereocenters. The Bertz CT molecular complexity index is 949. The minimum atomic E-state index is -2.19. The van der Waals surface area contributed by atoms with Gasteiger partial charge in [0.2, 0.25) is 0 Å². The summed E-state index contributed by atoms with van der Waals surface area (Å²) in [5.74, 6) is 0. The van der Waals surface area contributed by atoms with Crippen molar-refractivity contribution in [1.82, 2.24) is 0 Å². The van der Waals surface area contributed by atoms with Gasteiger partial charge in [-0.05, 0) is 47.9 Å². The molecule has 0 amide bonds. The first-order chi connectivity index (χ1) is 16.6. The Kier molecular flexibility index (Phi) is 9.75. The monoisotopic (exact) mass is 592 g/mol. The van der Waals surface area contributed by atoms with Gasteiger partial charge in [0, 0.05) is 10.3 Å². The standard InChI is InChI=1S/C36H70P2Si/c1-28(2,3)35(37,29(4,5)6)26-23-22-25(24-27(26)36(38,30(7,8)9)31(10,11)12)39(32(13,14)15,33(16,17)18)34(19,20)21/h22-24H,37-38H2,1-21H3. The summed E-state index contributed by atoms with van der Waals surface area (Å²) < 4.78 is 0. The van der Waals surface area contributed by atoms with E-state index >= 15 is 0 Å². The molecule has 0 bridgehead atoms. The molecule has 1 aromatic carbocycles. The summed E-state index contributed by atoms with van der Waals surface area (Å²) in [6, 6.07) is 7.90. The Morgan fingerprint density at radius 2 is 0.667 bits per heavy atom. The minimum absolute atomic E-state index is 0.0278. The van der Waals surface area contributed by atoms with Gasteiger partial charge in [0.1, 0.15) is 8.07 Å². The molecule has 0 spiro atoms. The van der Waals surface area contributed by atoms with Crippen molar-refractivity contribution in [1.29, 1.82) is 0 Å². The Morgan fingerprint density at radius 1 is 0.410 bits per heavy atom. The van der Waals surface area contributed by atoms with Crippen LogP contribution in [-0.2, 0) is 10.3 Å². The van der Waals surface area contributed by atoms with Crippen LogP contribution >= 0.6 is 18.5 Å². The molecule has 3 heteroatoms. The Morgan fingerprint density at radius 3 is 0.897 bits per heavy atom. The van der Waals surface area contributed by atoms with Crippen LogP contribution in [0.5, 0.6) is 0 Å². The smallest absolute Gasteiger partial charge is 0.103 e. The maximum absolute atomic E-state index is 3.46. The highest BCUT2D eigenvalue weighted by molar-refractivity contribution is 7.19. The molecular weight excluding hydrogens is 522 g/mol. The third-order valence-electron chi connectivity index (χ3n) is 10.4. The highest BCUT2D eigenvalue weighted by Crippen LogP contribution is 2.66. The number of hydrogen-bond acceptors (Lipinski definition) is 0. The van der Waals surface area contributed by atoms with Crippen LogP contribution in [0.15, 0.2) is 18.2 Å². The van der Waals surface area contributed by atoms with Crippen LogP contribution in [-0.4, -0.2) is 8.07 Å². The van der Waals surface area contributed by atoms with Crippen LogP contribution in [0.25, 0.3) is 0 Å². The van der Waals surface area contributed by atoms with Crippen LogP contribution in [0, 0.1) is 21.7 Å². The van der Waals surface area contributed by atoms with Gasteiger partial charge in [-0.15, -0.1) is 18.5 Å². The van der Waals surface area contributed by atoms with E-state index < -0.39 is 8.07 Å². The molecule has 39 heavy (non-hydrogen) atoms. The molecule has 0 aliphatic rings. The van der Waals surface area contributed by atoms with Crippen molar-refractivity contribution in [3.8, 4) is 0 Å². The van der Waals surface area contributed by atoms with Gasteiger partial charge >= 0.3 is 0 Å². The third-order valence-corrected chi connectivity index (χ3v) is 22.4. The lowest BCUT2D eigenvalue weighted by Crippen LogP contribution is -2.67. The second kappa shape index (κ2) is 10.2. The normalized spacial score (nSPS) is 16.1. The van der Waals surface area contributed by atoms with Gasteiger partial charge in [-0.25, -0.2) is 0 Å². The lowest BCUT2D eigenvalue weighted by atomic mass is 9.56. The minimum Gasteiger partial charge on any atom is -0.125 e. The molecule has 228 valence electrons. The molecule has 1 aromatic rings. The van der Waals surface area contributed by atoms with E-state index in [9.17, 15) is 0 Å². The molecular formula is C36H70P2Si. The molecule has 2 atom stereocenters. The zero-order valence-corrected chi connectivity index (χ0v) is 33.7. The lowest BCUT2D eigenvalue weighted by Gasteiger charge is -2.61. The average molecular weight is 593 g/mol. The zero-order valence-electron chi connectivity index (χ0n) is 30.4. The van der Waals surface area contributed by atoms with Crippen molar-refractivity contribution >= 4 is 31.7 Å². The van der Waals surface area contributed by atoms with Crippen molar-refractivity contribution in [2.45, 2.75) is 171 Å². The van der Waals surface area contributed by atoms with Crippen LogP contribution in [0.3, 0.4) is 0 Å². The van der Waals surface area contributed by atoms with Gasteiger partial charge in [0.15, 0.2) is 0 Å². The van der Waals surface area contributed by atoms with Crippen molar-refractivity contribution in [2.24, 2.45) is 21.7 Å². The SMILES string of the molecule is CC(C)(C)C(P)(c1ccc([Si](C(C)(C)C)(C(C)(C)C)C(C)(C)C)cc1C(P)(C(C)(C)C)C(C)(C)C)C(C)(C)C. The average Bonchev–Trinajstić information content (AvgIpc) is 2.59. The molecule has 0 nitrogen and oxygen atoms in total. The van der Waals surface area contributed by atoms with Crippen LogP contribution in [0.1, 0.15) is 157 Å². The molecule has 0 N–H and O–H groups in total. The van der Waals surface area contributed by atoms with Crippen LogP contribution < -0.4 is 5.19 Å². The van der Waals surface area contributed by atoms with Gasteiger partial charge in [-0.3, -0.25) is 0 Å². The molecule has 0 saturated heterocycles. The van der Waals surface area contributed by atoms with E-state index in [1.165, 1.54) is 11.1 Å². The predicted octanol–water partition coefficient (Wildman–Crippen LogP) is 12.1. The van der Waals surface area contributed by atoms with E-state index in [-0.39, 0.29) is 47.1 Å². The third kappa shape index (κ3) is 5.67. The van der Waals surface area contributed by atoms with Crippen LogP contribution in [0.2, 0.25) is 15.1 Å². The molecule has 0 aromatic heterocycles. The van der Waals surface area contributed by atoms with Gasteiger partial charge in [0.05, 0.1) is 0 Å². The molecule has 0 aliphatic carbocycles. The molecule has 0 radical (unpaired) electrons. The second-order valence-electron chi connectivity index (χ2n) is 19.9. The van der Waals surface area contributed by atoms with Gasteiger partial charge in [-0.2, -0.15) is 0 Å². The summed E-state index contributed by atoms with van der Waals surface area (Å²) in [7, 11) is 4.68. The van der Waals surface area contributed by atoms with Crippen molar-refractivity contribution in [2.75, 3.05) is 0 Å². The molecule has 1 rings (SSSR count). The van der Waals surface area contributed by atoms with E-state index in [4.69, 9.17) is 0 Å². The first kappa shape index (κ1) is 37.3. The summed E-state index contributed by atoms with van der Waals surface area (Å²) >= 11 is 0. The van der Waals surface area contributed by atoms with Gasteiger partial charge in [0.25, 0.3) is 0 Å². The topological polar surface area (TPSA) is 0 Å². The maximum Gasteiger partial charge on any atom is 0.103 e. The highest BCUT2D eigenvalue weighted by atomic mass is 31.0. The fourth-order valence-electron chi connectivity index (χ4n) is 9.99. The second-order valence-corrected chi connectivity index (χ2v) is 28.2. The van der Waals surface area contributed by atoms with Gasteiger partial charge in [-0.1, -0.05) is 169 Å². The number of hydrogen-bond donors (Lipinski definition) is 0. The summed E-state index contributed by atoms with van der Waals surface area (Å²) in [6.07, 6.45) is 0.